The van der Waals surface area contributed by atoms with Crippen LogP contribution in [0.3, 0.4) is 0 Å². The molecule has 0 aliphatic carbocycles. The molecular weight excluding hydrogens is 388 g/mol. The summed E-state index contributed by atoms with van der Waals surface area (Å²) in [6.45, 7) is 11.1. The Labute approximate surface area is 191 Å². The number of hydrogen-bond donors (Lipinski definition) is 0. The zero-order valence-corrected chi connectivity index (χ0v) is 20.8. The maximum Gasteiger partial charge on any atom is 0.316 e. The number of hydrogen-bond acceptors (Lipinski definition) is 4. The molecule has 0 spiro atoms. The van der Waals surface area contributed by atoms with E-state index in [-0.39, 0.29) is 17.7 Å². The Hall–Kier alpha value is -1.58. The van der Waals surface area contributed by atoms with Gasteiger partial charge in [-0.1, -0.05) is 103 Å². The second-order valence-electron chi connectivity index (χ2n) is 9.55. The lowest BCUT2D eigenvalue weighted by Gasteiger charge is -2.14. The van der Waals surface area contributed by atoms with Crippen molar-refractivity contribution < 1.29 is 19.1 Å². The minimum absolute atomic E-state index is 0.170. The largest absolute Gasteiger partial charge is 0.430 e. The normalized spacial score (nSPS) is 11.9. The summed E-state index contributed by atoms with van der Waals surface area (Å²) in [6, 6.07) is 0. The lowest BCUT2D eigenvalue weighted by atomic mass is 9.98. The molecule has 0 fully saturated rings. The molecule has 0 aliphatic heterocycles. The van der Waals surface area contributed by atoms with E-state index in [1.54, 1.807) is 20.8 Å². The maximum atomic E-state index is 11.9. The van der Waals surface area contributed by atoms with Crippen molar-refractivity contribution in [3.63, 3.8) is 0 Å². The molecule has 0 bridgehead atoms. The Bertz CT molecular complexity index is 514. The van der Waals surface area contributed by atoms with Crippen molar-refractivity contribution in [1.29, 1.82) is 0 Å². The van der Waals surface area contributed by atoms with Gasteiger partial charge in [0.25, 0.3) is 0 Å². The van der Waals surface area contributed by atoms with Gasteiger partial charge in [0.1, 0.15) is 6.26 Å². The van der Waals surface area contributed by atoms with Crippen molar-refractivity contribution in [1.82, 2.24) is 0 Å². The summed E-state index contributed by atoms with van der Waals surface area (Å²) in [5.41, 5.74) is -0.610. The highest BCUT2D eigenvalue weighted by Crippen LogP contribution is 2.17. The van der Waals surface area contributed by atoms with Crippen molar-refractivity contribution in [2.75, 3.05) is 0 Å². The molecule has 0 unspecified atom stereocenters. The van der Waals surface area contributed by atoms with Gasteiger partial charge in [0, 0.05) is 6.42 Å². The van der Waals surface area contributed by atoms with Gasteiger partial charge in [0.2, 0.25) is 0 Å². The van der Waals surface area contributed by atoms with Gasteiger partial charge in [-0.25, -0.2) is 0 Å². The minimum Gasteiger partial charge on any atom is -0.430 e. The Morgan fingerprint density at radius 2 is 1.16 bits per heavy atom. The number of carbonyl (C=O) groups excluding carboxylic acids is 2. The highest BCUT2D eigenvalue weighted by molar-refractivity contribution is 5.76. The minimum atomic E-state index is -0.610. The Morgan fingerprint density at radius 1 is 0.742 bits per heavy atom. The molecule has 0 aromatic carbocycles. The van der Waals surface area contributed by atoms with Crippen LogP contribution in [0.4, 0.5) is 0 Å². The summed E-state index contributed by atoms with van der Waals surface area (Å²) in [6.07, 6.45) is 22.3. The van der Waals surface area contributed by atoms with E-state index >= 15 is 0 Å². The zero-order chi connectivity index (χ0) is 23.4. The first-order chi connectivity index (χ1) is 14.8. The summed E-state index contributed by atoms with van der Waals surface area (Å²) in [5, 5.41) is 0. The van der Waals surface area contributed by atoms with E-state index in [1.807, 2.05) is 0 Å². The molecule has 0 radical (unpaired) electrons. The van der Waals surface area contributed by atoms with Crippen LogP contribution in [0, 0.1) is 5.41 Å². The fourth-order valence-corrected chi connectivity index (χ4v) is 3.23. The molecule has 31 heavy (non-hydrogen) atoms. The highest BCUT2D eigenvalue weighted by Gasteiger charge is 2.22. The lowest BCUT2D eigenvalue weighted by Crippen LogP contribution is -2.21. The molecule has 0 N–H and O–H groups in total. The van der Waals surface area contributed by atoms with Gasteiger partial charge in [0.15, 0.2) is 5.76 Å². The quantitative estimate of drug-likeness (QED) is 0.0882. The molecular formula is C27H48O4. The smallest absolute Gasteiger partial charge is 0.316 e. The van der Waals surface area contributed by atoms with Crippen LogP contribution in [0.2, 0.25) is 0 Å². The first kappa shape index (κ1) is 29.4. The number of carbonyl (C=O) groups is 2. The number of esters is 2. The number of rotatable bonds is 19. The summed E-state index contributed by atoms with van der Waals surface area (Å²) in [5.74, 6) is -0.526. The van der Waals surface area contributed by atoms with Crippen LogP contribution in [-0.4, -0.2) is 11.9 Å². The fraction of sp³-hybridized carbons (Fsp3) is 0.778. The van der Waals surface area contributed by atoms with Gasteiger partial charge in [0.05, 0.1) is 5.41 Å². The SMILES string of the molecule is C=C/C(=C\OC(=O)C(C)(C)C)OC(=O)CCCCCCCCCCCCCCCCC. The molecule has 0 saturated carbocycles. The van der Waals surface area contributed by atoms with Gasteiger partial charge in [-0.2, -0.15) is 0 Å². The molecule has 0 aliphatic rings. The molecule has 0 aromatic heterocycles. The molecule has 180 valence electrons. The van der Waals surface area contributed by atoms with Crippen LogP contribution < -0.4 is 0 Å². The van der Waals surface area contributed by atoms with Crippen LogP contribution >= 0.6 is 0 Å². The topological polar surface area (TPSA) is 52.6 Å². The van der Waals surface area contributed by atoms with E-state index in [1.165, 1.54) is 83.1 Å². The molecule has 0 saturated heterocycles. The van der Waals surface area contributed by atoms with E-state index in [9.17, 15) is 9.59 Å². The van der Waals surface area contributed by atoms with E-state index in [4.69, 9.17) is 9.47 Å². The first-order valence-electron chi connectivity index (χ1n) is 12.6. The third-order valence-corrected chi connectivity index (χ3v) is 5.31. The lowest BCUT2D eigenvalue weighted by molar-refractivity contribution is -0.148. The maximum absolute atomic E-state index is 11.9. The van der Waals surface area contributed by atoms with Crippen molar-refractivity contribution in [3.05, 3.63) is 24.7 Å². The first-order valence-corrected chi connectivity index (χ1v) is 12.6. The van der Waals surface area contributed by atoms with Gasteiger partial charge >= 0.3 is 11.9 Å². The van der Waals surface area contributed by atoms with Gasteiger partial charge < -0.3 is 9.47 Å². The van der Waals surface area contributed by atoms with Crippen molar-refractivity contribution in [2.24, 2.45) is 5.41 Å². The molecule has 4 heteroatoms. The second kappa shape index (κ2) is 19.1. The van der Waals surface area contributed by atoms with E-state index in [0.717, 1.165) is 25.5 Å². The Kier molecular flexibility index (Phi) is 18.2. The van der Waals surface area contributed by atoms with Crippen LogP contribution in [0.15, 0.2) is 24.7 Å². The summed E-state index contributed by atoms with van der Waals surface area (Å²) >= 11 is 0. The fourth-order valence-electron chi connectivity index (χ4n) is 3.23. The highest BCUT2D eigenvalue weighted by atomic mass is 16.6. The summed E-state index contributed by atoms with van der Waals surface area (Å²) < 4.78 is 10.3. The van der Waals surface area contributed by atoms with Crippen LogP contribution in [0.5, 0.6) is 0 Å². The second-order valence-corrected chi connectivity index (χ2v) is 9.55. The molecule has 0 aromatic rings. The van der Waals surface area contributed by atoms with Crippen LogP contribution in [-0.2, 0) is 19.1 Å². The monoisotopic (exact) mass is 436 g/mol. The average Bonchev–Trinajstić information content (AvgIpc) is 2.72. The van der Waals surface area contributed by atoms with Crippen LogP contribution in [0.1, 0.15) is 130 Å². The zero-order valence-electron chi connectivity index (χ0n) is 20.8. The predicted molar refractivity (Wildman–Crippen MR) is 129 cm³/mol. The Balaban J connectivity index is 3.60. The van der Waals surface area contributed by atoms with E-state index in [0.29, 0.717) is 6.42 Å². The molecule has 0 amide bonds. The number of ether oxygens (including phenoxy) is 2. The van der Waals surface area contributed by atoms with E-state index < -0.39 is 5.41 Å². The summed E-state index contributed by atoms with van der Waals surface area (Å²) in [7, 11) is 0. The molecule has 4 nitrogen and oxygen atoms in total. The third-order valence-electron chi connectivity index (χ3n) is 5.31. The average molecular weight is 437 g/mol. The van der Waals surface area contributed by atoms with Crippen molar-refractivity contribution in [2.45, 2.75) is 130 Å². The molecule has 0 rings (SSSR count). The predicted octanol–water partition coefficient (Wildman–Crippen LogP) is 8.41. The number of unbranched alkanes of at least 4 members (excludes halogenated alkanes) is 14. The van der Waals surface area contributed by atoms with Crippen LogP contribution in [0.25, 0.3) is 0 Å². The van der Waals surface area contributed by atoms with Gasteiger partial charge in [-0.05, 0) is 33.3 Å². The molecule has 0 atom stereocenters. The Morgan fingerprint density at radius 3 is 1.55 bits per heavy atom. The molecule has 0 heterocycles. The van der Waals surface area contributed by atoms with Crippen molar-refractivity contribution in [3.8, 4) is 0 Å². The van der Waals surface area contributed by atoms with Gasteiger partial charge in [-0.15, -0.1) is 0 Å². The summed E-state index contributed by atoms with van der Waals surface area (Å²) in [4.78, 5) is 23.7. The standard InChI is InChI=1S/C27H48O4/c1-6-8-9-10-11-12-13-14-15-16-17-18-19-20-21-22-25(28)31-24(7-2)23-30-26(29)27(3,4)5/h7,23H,2,6,8-22H2,1,3-5H3/b24-23+. The van der Waals surface area contributed by atoms with Crippen molar-refractivity contribution >= 4 is 11.9 Å². The number of allylic oxidation sites excluding steroid dienone is 1. The van der Waals surface area contributed by atoms with E-state index in [2.05, 4.69) is 13.5 Å². The van der Waals surface area contributed by atoms with Gasteiger partial charge in [-0.3, -0.25) is 9.59 Å². The third kappa shape index (κ3) is 18.9.